The van der Waals surface area contributed by atoms with E-state index in [0.717, 1.165) is 17.4 Å². The first-order chi connectivity index (χ1) is 12.6. The van der Waals surface area contributed by atoms with Gasteiger partial charge in [-0.15, -0.1) is 11.3 Å². The lowest BCUT2D eigenvalue weighted by molar-refractivity contribution is -0.137. The fourth-order valence-electron chi connectivity index (χ4n) is 2.24. The quantitative estimate of drug-likeness (QED) is 0.496. The maximum atomic E-state index is 12.7. The highest BCUT2D eigenvalue weighted by atomic mass is 35.5. The number of pyridine rings is 1. The molecule has 0 saturated heterocycles. The second kappa shape index (κ2) is 7.43. The molecule has 27 heavy (non-hydrogen) atoms. The molecule has 2 aromatic heterocycles. The first kappa shape index (κ1) is 20.1. The molecule has 0 amide bonds. The van der Waals surface area contributed by atoms with Crippen molar-refractivity contribution in [3.63, 3.8) is 0 Å². The zero-order chi connectivity index (χ0) is 19.8. The molecule has 3 nitrogen and oxygen atoms in total. The first-order valence-corrected chi connectivity index (χ1v) is 10.4. The minimum atomic E-state index is -4.53. The predicted molar refractivity (Wildman–Crippen MR) is 98.3 cm³/mol. The van der Waals surface area contributed by atoms with E-state index in [1.54, 1.807) is 6.07 Å². The Morgan fingerprint density at radius 1 is 1.04 bits per heavy atom. The van der Waals surface area contributed by atoms with Gasteiger partial charge in [0.05, 0.1) is 21.2 Å². The van der Waals surface area contributed by atoms with Gasteiger partial charge in [0.15, 0.2) is 0 Å². The Morgan fingerprint density at radius 3 is 2.30 bits per heavy atom. The van der Waals surface area contributed by atoms with E-state index in [0.29, 0.717) is 16.1 Å². The van der Waals surface area contributed by atoms with E-state index in [1.165, 1.54) is 30.3 Å². The van der Waals surface area contributed by atoms with Gasteiger partial charge in [-0.25, -0.2) is 8.42 Å². The SMILES string of the molecule is O=S(=O)(c1ccc(Cl)cc1)c1ccc(Cc2ncc(C(F)(F)F)cc2Cl)s1. The molecule has 3 aromatic rings. The minimum absolute atomic E-state index is 0.103. The third-order valence-corrected chi connectivity index (χ3v) is 7.54. The van der Waals surface area contributed by atoms with Crippen molar-refractivity contribution >= 4 is 44.4 Å². The van der Waals surface area contributed by atoms with Crippen LogP contribution in [0.25, 0.3) is 0 Å². The van der Waals surface area contributed by atoms with Crippen LogP contribution in [0, 0.1) is 0 Å². The van der Waals surface area contributed by atoms with Gasteiger partial charge < -0.3 is 0 Å². The molecular formula is C17H10Cl2F3NO2S2. The molecule has 0 N–H and O–H groups in total. The Morgan fingerprint density at radius 2 is 1.70 bits per heavy atom. The molecule has 0 aliphatic carbocycles. The Hall–Kier alpha value is -1.61. The number of halogens is 5. The molecule has 0 fully saturated rings. The third-order valence-electron chi connectivity index (χ3n) is 3.61. The predicted octanol–water partition coefficient (Wildman–Crippen LogP) is 5.89. The molecule has 3 rings (SSSR count). The molecule has 0 spiro atoms. The standard InChI is InChI=1S/C17H10Cl2F3NO2S2/c18-11-1-4-13(5-2-11)27(24,25)16-6-3-12(26-16)8-15-14(19)7-10(9-23-15)17(20,21)22/h1-7,9H,8H2. The van der Waals surface area contributed by atoms with E-state index >= 15 is 0 Å². The Bertz CT molecular complexity index is 1080. The summed E-state index contributed by atoms with van der Waals surface area (Å²) in [5.41, 5.74) is -0.699. The number of rotatable bonds is 4. The van der Waals surface area contributed by atoms with Crippen molar-refractivity contribution in [2.24, 2.45) is 0 Å². The number of benzene rings is 1. The Kier molecular flexibility index (Phi) is 5.54. The monoisotopic (exact) mass is 451 g/mol. The molecule has 0 bridgehead atoms. The largest absolute Gasteiger partial charge is 0.417 e. The average Bonchev–Trinajstić information content (AvgIpc) is 3.05. The smallest absolute Gasteiger partial charge is 0.259 e. The summed E-state index contributed by atoms with van der Waals surface area (Å²) in [5, 5.41) is 0.296. The molecule has 142 valence electrons. The molecule has 10 heteroatoms. The van der Waals surface area contributed by atoms with Crippen molar-refractivity contribution in [2.75, 3.05) is 0 Å². The molecule has 2 heterocycles. The summed E-state index contributed by atoms with van der Waals surface area (Å²) >= 11 is 12.7. The van der Waals surface area contributed by atoms with Gasteiger partial charge in [0.2, 0.25) is 9.84 Å². The summed E-state index contributed by atoms with van der Waals surface area (Å²) in [5.74, 6) is 0. The molecule has 0 atom stereocenters. The van der Waals surface area contributed by atoms with Crippen LogP contribution in [0.1, 0.15) is 16.1 Å². The highest BCUT2D eigenvalue weighted by molar-refractivity contribution is 7.93. The molecular weight excluding hydrogens is 442 g/mol. The van der Waals surface area contributed by atoms with Crippen molar-refractivity contribution < 1.29 is 21.6 Å². The second-order valence-corrected chi connectivity index (χ2v) is 9.69. The summed E-state index contributed by atoms with van der Waals surface area (Å²) in [4.78, 5) is 4.48. The van der Waals surface area contributed by atoms with Crippen molar-refractivity contribution in [2.45, 2.75) is 21.7 Å². The van der Waals surface area contributed by atoms with Crippen LogP contribution < -0.4 is 0 Å². The van der Waals surface area contributed by atoms with Crippen molar-refractivity contribution in [1.82, 2.24) is 4.98 Å². The summed E-state index contributed by atoms with van der Waals surface area (Å²) in [6.45, 7) is 0. The second-order valence-electron chi connectivity index (χ2n) is 5.51. The van der Waals surface area contributed by atoms with Gasteiger partial charge >= 0.3 is 6.18 Å². The van der Waals surface area contributed by atoms with Crippen molar-refractivity contribution in [1.29, 1.82) is 0 Å². The lowest BCUT2D eigenvalue weighted by atomic mass is 10.2. The highest BCUT2D eigenvalue weighted by Crippen LogP contribution is 2.33. The average molecular weight is 452 g/mol. The topological polar surface area (TPSA) is 47.0 Å². The Balaban J connectivity index is 1.85. The number of nitrogens with zero attached hydrogens (tertiary/aromatic N) is 1. The number of aromatic nitrogens is 1. The first-order valence-electron chi connectivity index (χ1n) is 7.38. The van der Waals surface area contributed by atoms with E-state index in [2.05, 4.69) is 4.98 Å². The number of alkyl halides is 3. The number of hydrogen-bond acceptors (Lipinski definition) is 4. The van der Waals surface area contributed by atoms with Gasteiger partial charge in [0.1, 0.15) is 4.21 Å². The highest BCUT2D eigenvalue weighted by Gasteiger charge is 2.31. The van der Waals surface area contributed by atoms with E-state index in [1.807, 2.05) is 0 Å². The minimum Gasteiger partial charge on any atom is -0.259 e. The normalized spacial score (nSPS) is 12.3. The number of thiophene rings is 1. The summed E-state index contributed by atoms with van der Waals surface area (Å²) in [7, 11) is -3.71. The molecule has 0 saturated carbocycles. The number of hydrogen-bond donors (Lipinski definition) is 0. The van der Waals surface area contributed by atoms with Crippen LogP contribution in [0.4, 0.5) is 13.2 Å². The van der Waals surface area contributed by atoms with Gasteiger partial charge in [-0.3, -0.25) is 4.98 Å². The summed E-state index contributed by atoms with van der Waals surface area (Å²) < 4.78 is 63.4. The lowest BCUT2D eigenvalue weighted by Gasteiger charge is -2.08. The van der Waals surface area contributed by atoms with E-state index in [4.69, 9.17) is 23.2 Å². The van der Waals surface area contributed by atoms with Crippen molar-refractivity contribution in [3.8, 4) is 0 Å². The van der Waals surface area contributed by atoms with Crippen molar-refractivity contribution in [3.05, 3.63) is 74.8 Å². The zero-order valence-electron chi connectivity index (χ0n) is 13.3. The van der Waals surface area contributed by atoms with Crippen LogP contribution in [0.3, 0.4) is 0 Å². The van der Waals surface area contributed by atoms with E-state index in [9.17, 15) is 21.6 Å². The van der Waals surface area contributed by atoms with Crippen LogP contribution in [0.15, 0.2) is 57.8 Å². The molecule has 1 aromatic carbocycles. The van der Waals surface area contributed by atoms with Gasteiger partial charge in [0.25, 0.3) is 0 Å². The fourth-order valence-corrected chi connectivity index (χ4v) is 5.37. The van der Waals surface area contributed by atoms with Crippen LogP contribution in [-0.4, -0.2) is 13.4 Å². The van der Waals surface area contributed by atoms with E-state index < -0.39 is 21.6 Å². The van der Waals surface area contributed by atoms with E-state index in [-0.39, 0.29) is 26.2 Å². The molecule has 0 aliphatic heterocycles. The maximum Gasteiger partial charge on any atom is 0.417 e. The van der Waals surface area contributed by atoms with Gasteiger partial charge in [-0.1, -0.05) is 23.2 Å². The maximum absolute atomic E-state index is 12.7. The van der Waals surface area contributed by atoms with Gasteiger partial charge in [-0.2, -0.15) is 13.2 Å². The fraction of sp³-hybridized carbons (Fsp3) is 0.118. The van der Waals surface area contributed by atoms with Gasteiger partial charge in [0, 0.05) is 22.5 Å². The summed E-state index contributed by atoms with van der Waals surface area (Å²) in [6, 6.07) is 9.62. The summed E-state index contributed by atoms with van der Waals surface area (Å²) in [6.07, 6.45) is -3.70. The third kappa shape index (κ3) is 4.45. The van der Waals surface area contributed by atoms with Crippen LogP contribution >= 0.6 is 34.5 Å². The van der Waals surface area contributed by atoms with Gasteiger partial charge in [-0.05, 0) is 42.5 Å². The number of sulfone groups is 1. The molecule has 0 unspecified atom stereocenters. The molecule has 0 radical (unpaired) electrons. The Labute approximate surface area is 167 Å². The van der Waals surface area contributed by atoms with Crippen LogP contribution in [0.2, 0.25) is 10.0 Å². The van der Waals surface area contributed by atoms with Crippen LogP contribution in [0.5, 0.6) is 0 Å². The van der Waals surface area contributed by atoms with Crippen LogP contribution in [-0.2, 0) is 22.4 Å². The molecule has 0 aliphatic rings. The lowest BCUT2D eigenvalue weighted by Crippen LogP contribution is -2.06. The zero-order valence-corrected chi connectivity index (χ0v) is 16.4.